The van der Waals surface area contributed by atoms with Crippen LogP contribution in [-0.4, -0.2) is 99.1 Å². The maximum atomic E-state index is 12.5. The zero-order valence-electron chi connectivity index (χ0n) is 28.6. The third-order valence-electron chi connectivity index (χ3n) is 6.24. The van der Waals surface area contributed by atoms with Crippen LogP contribution < -0.4 is 9.80 Å². The van der Waals surface area contributed by atoms with Crippen molar-refractivity contribution in [1.29, 1.82) is 0 Å². The molecule has 0 N–H and O–H groups in total. The van der Waals surface area contributed by atoms with Crippen molar-refractivity contribution in [3.05, 3.63) is 59.7 Å². The second-order valence-corrected chi connectivity index (χ2v) is 9.83. The van der Waals surface area contributed by atoms with Crippen molar-refractivity contribution in [1.82, 2.24) is 34.8 Å². The molecule has 45 heavy (non-hydrogen) atoms. The number of carbonyl (C=O) groups excluding carboxylic acids is 1. The molecule has 0 radical (unpaired) electrons. The molecule has 0 aromatic carbocycles. The zero-order valence-corrected chi connectivity index (χ0v) is 28.6. The summed E-state index contributed by atoms with van der Waals surface area (Å²) < 4.78 is 30.1. The number of ether oxygens (including phenoxy) is 1. The van der Waals surface area contributed by atoms with E-state index in [1.165, 1.54) is 4.90 Å². The molecule has 3 aliphatic heterocycles. The Balaban J connectivity index is 0.000000311. The number of aromatic nitrogens is 6. The van der Waals surface area contributed by atoms with Crippen molar-refractivity contribution >= 4 is 17.8 Å². The normalized spacial score (nSPS) is 15.5. The van der Waals surface area contributed by atoms with E-state index < -0.39 is 5.92 Å². The number of halogens is 2. The molecular weight excluding hydrogens is 580 g/mol. The Labute approximate surface area is 267 Å². The van der Waals surface area contributed by atoms with Gasteiger partial charge < -0.3 is 19.4 Å². The number of likely N-dealkylation sites (tertiary alicyclic amines) is 1. The average Bonchev–Trinajstić information content (AvgIpc) is 3.00. The summed E-state index contributed by atoms with van der Waals surface area (Å²) in [6.07, 6.45) is 11.7. The summed E-state index contributed by atoms with van der Waals surface area (Å²) in [7, 11) is 1.73. The van der Waals surface area contributed by atoms with Crippen LogP contribution in [-0.2, 0) is 4.74 Å². The largest absolute Gasteiger partial charge is 0.378 e. The van der Waals surface area contributed by atoms with Crippen LogP contribution >= 0.6 is 0 Å². The monoisotopic (exact) mass is 631 g/mol. The van der Waals surface area contributed by atoms with Gasteiger partial charge in [-0.25, -0.2) is 38.7 Å². The predicted molar refractivity (Wildman–Crippen MR) is 175 cm³/mol. The lowest BCUT2D eigenvalue weighted by molar-refractivity contribution is -0.0271. The number of hydrogen-bond donors (Lipinski definition) is 0. The molecular formula is C32H51F2N9O2. The van der Waals surface area contributed by atoms with E-state index in [0.717, 1.165) is 55.2 Å². The highest BCUT2D eigenvalue weighted by Crippen LogP contribution is 2.29. The summed E-state index contributed by atoms with van der Waals surface area (Å²) in [6, 6.07) is 0. The highest BCUT2D eigenvalue weighted by atomic mass is 19.3. The topological polar surface area (TPSA) is 113 Å². The van der Waals surface area contributed by atoms with E-state index in [1.54, 1.807) is 36.8 Å². The van der Waals surface area contributed by atoms with Crippen molar-refractivity contribution in [3.8, 4) is 0 Å². The Bertz CT molecular complexity index is 1210. The van der Waals surface area contributed by atoms with Gasteiger partial charge in [-0.05, 0) is 43.9 Å². The molecule has 11 nitrogen and oxygen atoms in total. The van der Waals surface area contributed by atoms with Gasteiger partial charge in [-0.15, -0.1) is 0 Å². The molecule has 3 aromatic rings. The molecule has 0 aliphatic carbocycles. The van der Waals surface area contributed by atoms with E-state index in [-0.39, 0.29) is 19.0 Å². The lowest BCUT2D eigenvalue weighted by Gasteiger charge is -2.38. The molecule has 3 saturated heterocycles. The first kappa shape index (κ1) is 39.2. The van der Waals surface area contributed by atoms with Crippen LogP contribution in [0.5, 0.6) is 0 Å². The molecule has 3 aliphatic rings. The van der Waals surface area contributed by atoms with Crippen LogP contribution in [0, 0.1) is 20.8 Å². The van der Waals surface area contributed by atoms with Gasteiger partial charge in [-0.2, -0.15) is 0 Å². The fraction of sp³-hybridized carbons (Fsp3) is 0.594. The summed E-state index contributed by atoms with van der Waals surface area (Å²) in [5, 5.41) is 0. The molecule has 6 heterocycles. The van der Waals surface area contributed by atoms with Gasteiger partial charge in [-0.3, -0.25) is 4.79 Å². The quantitative estimate of drug-likeness (QED) is 0.362. The molecule has 13 heteroatoms. The van der Waals surface area contributed by atoms with Gasteiger partial charge in [0.05, 0.1) is 19.2 Å². The minimum Gasteiger partial charge on any atom is -0.378 e. The average molecular weight is 632 g/mol. The molecule has 1 amide bonds. The van der Waals surface area contributed by atoms with Gasteiger partial charge in [0.25, 0.3) is 11.8 Å². The Morgan fingerprint density at radius 3 is 1.42 bits per heavy atom. The second-order valence-electron chi connectivity index (χ2n) is 9.83. The number of carbonyl (C=O) groups is 1. The van der Waals surface area contributed by atoms with Crippen LogP contribution in [0.4, 0.5) is 20.7 Å². The van der Waals surface area contributed by atoms with Gasteiger partial charge in [0.1, 0.15) is 0 Å². The van der Waals surface area contributed by atoms with E-state index in [0.29, 0.717) is 17.9 Å². The Morgan fingerprint density at radius 1 is 0.711 bits per heavy atom. The predicted octanol–water partition coefficient (Wildman–Crippen LogP) is 5.57. The van der Waals surface area contributed by atoms with Gasteiger partial charge in [-0.1, -0.05) is 41.5 Å². The van der Waals surface area contributed by atoms with Crippen molar-refractivity contribution in [2.75, 3.05) is 56.2 Å². The first-order valence-corrected chi connectivity index (χ1v) is 15.7. The van der Waals surface area contributed by atoms with E-state index in [4.69, 9.17) is 4.74 Å². The summed E-state index contributed by atoms with van der Waals surface area (Å²) in [5.74, 6) is -1.11. The molecule has 0 unspecified atom stereocenters. The SMILES string of the molecule is CC.CC.CC.COC1CN(c2ncc(C)cn2)C1.Cc1cnc(C(=O)N2CCC2)nc1.Cc1cnc(N2CC(F)(F)C2)nc1. The van der Waals surface area contributed by atoms with E-state index in [1.807, 2.05) is 74.7 Å². The standard InChI is InChI=1S/C9H13N3O.C9H11N3O.C8H9F2N3.3C2H6/c1-7-3-10-9(11-4-7)12-5-8(6-12)13-2;1-7-5-10-8(11-6-7)9(13)12-3-2-4-12;1-6-2-11-7(12-3-6)13-4-8(9,10)5-13;3*1-2/h3-4,8H,5-6H2,1-2H3;5-6H,2-4H2,1H3;2-3H,4-5H2,1H3;3*1-2H3. The fourth-order valence-electron chi connectivity index (χ4n) is 3.67. The first-order chi connectivity index (χ1) is 21.6. The smallest absolute Gasteiger partial charge is 0.291 e. The lowest BCUT2D eigenvalue weighted by Crippen LogP contribution is -2.57. The molecule has 0 bridgehead atoms. The van der Waals surface area contributed by atoms with Crippen LogP contribution in [0.25, 0.3) is 0 Å². The van der Waals surface area contributed by atoms with E-state index >= 15 is 0 Å². The maximum absolute atomic E-state index is 12.5. The van der Waals surface area contributed by atoms with Crippen molar-refractivity contribution < 1.29 is 18.3 Å². The Morgan fingerprint density at radius 2 is 1.09 bits per heavy atom. The van der Waals surface area contributed by atoms with Gasteiger partial charge >= 0.3 is 0 Å². The third-order valence-corrected chi connectivity index (χ3v) is 6.24. The summed E-state index contributed by atoms with van der Waals surface area (Å²) in [4.78, 5) is 41.2. The minimum absolute atomic E-state index is 0.0498. The molecule has 3 fully saturated rings. The van der Waals surface area contributed by atoms with Crippen LogP contribution in [0.3, 0.4) is 0 Å². The number of hydrogen-bond acceptors (Lipinski definition) is 10. The summed E-state index contributed by atoms with van der Waals surface area (Å²) in [5.41, 5.74) is 2.99. The van der Waals surface area contributed by atoms with Gasteiger partial charge in [0.2, 0.25) is 17.7 Å². The Hall–Kier alpha value is -3.87. The van der Waals surface area contributed by atoms with Crippen LogP contribution in [0.15, 0.2) is 37.2 Å². The highest BCUT2D eigenvalue weighted by molar-refractivity contribution is 5.90. The molecule has 0 saturated carbocycles. The Kier molecular flexibility index (Phi) is 17.6. The third kappa shape index (κ3) is 12.6. The van der Waals surface area contributed by atoms with Crippen LogP contribution in [0.2, 0.25) is 0 Å². The number of aryl methyl sites for hydroxylation is 3. The molecule has 0 spiro atoms. The number of alkyl halides is 2. The molecule has 3 aromatic heterocycles. The van der Waals surface area contributed by atoms with E-state index in [9.17, 15) is 13.6 Å². The number of nitrogens with zero attached hydrogens (tertiary/aromatic N) is 9. The zero-order chi connectivity index (χ0) is 34.0. The van der Waals surface area contributed by atoms with Crippen LogP contribution in [0.1, 0.15) is 75.3 Å². The van der Waals surface area contributed by atoms with Crippen molar-refractivity contribution in [2.45, 2.75) is 80.8 Å². The van der Waals surface area contributed by atoms with Gasteiger partial charge in [0, 0.05) is 70.5 Å². The van der Waals surface area contributed by atoms with Gasteiger partial charge in [0.15, 0.2) is 0 Å². The number of methoxy groups -OCH3 is 1. The number of rotatable bonds is 4. The molecule has 0 atom stereocenters. The first-order valence-electron chi connectivity index (χ1n) is 15.7. The summed E-state index contributed by atoms with van der Waals surface area (Å²) in [6.45, 7) is 20.7. The fourth-order valence-corrected chi connectivity index (χ4v) is 3.67. The summed E-state index contributed by atoms with van der Waals surface area (Å²) >= 11 is 0. The minimum atomic E-state index is -2.56. The van der Waals surface area contributed by atoms with Crippen molar-refractivity contribution in [3.63, 3.8) is 0 Å². The van der Waals surface area contributed by atoms with E-state index in [2.05, 4.69) is 34.8 Å². The maximum Gasteiger partial charge on any atom is 0.291 e. The lowest BCUT2D eigenvalue weighted by atomic mass is 10.2. The van der Waals surface area contributed by atoms with Crippen molar-refractivity contribution in [2.24, 2.45) is 0 Å². The molecule has 6 rings (SSSR count). The second kappa shape index (κ2) is 20.2. The number of amides is 1. The number of anilines is 2. The highest BCUT2D eigenvalue weighted by Gasteiger charge is 2.45. The molecule has 250 valence electrons.